The summed E-state index contributed by atoms with van der Waals surface area (Å²) in [6, 6.07) is 1.79. The molecule has 5 nitrogen and oxygen atoms in total. The molecule has 26 heavy (non-hydrogen) atoms. The van der Waals surface area contributed by atoms with Gasteiger partial charge >= 0.3 is 5.97 Å². The van der Waals surface area contributed by atoms with Gasteiger partial charge < -0.3 is 15.3 Å². The number of carbonyl (C=O) groups excluding carboxylic acids is 1. The van der Waals surface area contributed by atoms with Crippen molar-refractivity contribution in [1.82, 2.24) is 10.2 Å². The number of carboxylic acid groups (broad SMARTS) is 1. The quantitative estimate of drug-likeness (QED) is 0.478. The molecule has 0 saturated carbocycles. The molecule has 1 rings (SSSR count). The number of nitrogens with zero attached hydrogens (tertiary/aromatic N) is 1. The smallest absolute Gasteiger partial charge is 0.305 e. The third-order valence-electron chi connectivity index (χ3n) is 4.00. The summed E-state index contributed by atoms with van der Waals surface area (Å²) in [6.07, 6.45) is 11.3. The highest BCUT2D eigenvalue weighted by molar-refractivity contribution is 7.08. The summed E-state index contributed by atoms with van der Waals surface area (Å²) in [5.41, 5.74) is 1.27. The minimum Gasteiger partial charge on any atom is -0.481 e. The molecule has 2 N–H and O–H groups in total. The summed E-state index contributed by atoms with van der Waals surface area (Å²) in [6.45, 7) is 0.539. The van der Waals surface area contributed by atoms with E-state index in [-0.39, 0.29) is 18.4 Å². The molecule has 6 heteroatoms. The molecule has 1 aromatic heterocycles. The zero-order valence-corrected chi connectivity index (χ0v) is 16.8. The molecule has 0 aliphatic carbocycles. The van der Waals surface area contributed by atoms with E-state index in [9.17, 15) is 9.59 Å². The average Bonchev–Trinajstić information content (AvgIpc) is 3.05. The topological polar surface area (TPSA) is 69.6 Å². The summed E-state index contributed by atoms with van der Waals surface area (Å²) >= 11 is 1.71. The van der Waals surface area contributed by atoms with Gasteiger partial charge in [-0.05, 0) is 55.7 Å². The standard InChI is InChI=1S/C20H32N2O3S/c1-22(2)15-18(14-20(24)25)21-19(23)11-9-7-5-3-4-6-8-10-17-12-13-26-16-17/h8,10,12-13,16,18H,3-7,9,11,14-15H2,1-2H3,(H,21,23)(H,24,25)/t18-/m1/s1. The van der Waals surface area contributed by atoms with Gasteiger partial charge in [-0.1, -0.05) is 31.4 Å². The fourth-order valence-corrected chi connectivity index (χ4v) is 3.41. The number of thiophene rings is 1. The SMILES string of the molecule is CN(C)C[C@@H](CC(=O)O)NC(=O)CCCCCCCC=Cc1ccsc1. The molecule has 0 bridgehead atoms. The highest BCUT2D eigenvalue weighted by atomic mass is 32.1. The van der Waals surface area contributed by atoms with Crippen LogP contribution in [0.1, 0.15) is 56.9 Å². The second-order valence-electron chi connectivity index (χ2n) is 6.89. The van der Waals surface area contributed by atoms with Gasteiger partial charge in [0, 0.05) is 13.0 Å². The van der Waals surface area contributed by atoms with Crippen molar-refractivity contribution in [3.63, 3.8) is 0 Å². The van der Waals surface area contributed by atoms with Gasteiger partial charge in [0.1, 0.15) is 0 Å². The maximum absolute atomic E-state index is 12.0. The van der Waals surface area contributed by atoms with Crippen LogP contribution in [0.3, 0.4) is 0 Å². The van der Waals surface area contributed by atoms with Crippen LogP contribution in [0.25, 0.3) is 6.08 Å². The van der Waals surface area contributed by atoms with E-state index >= 15 is 0 Å². The predicted molar refractivity (Wildman–Crippen MR) is 108 cm³/mol. The molecule has 1 heterocycles. The number of unbranched alkanes of at least 4 members (excludes halogenated alkanes) is 5. The van der Waals surface area contributed by atoms with Gasteiger partial charge in [-0.15, -0.1) is 0 Å². The van der Waals surface area contributed by atoms with Gasteiger partial charge in [-0.2, -0.15) is 11.3 Å². The number of nitrogens with one attached hydrogen (secondary N) is 1. The second kappa shape index (κ2) is 13.5. The van der Waals surface area contributed by atoms with E-state index in [0.29, 0.717) is 13.0 Å². The molecule has 0 aromatic carbocycles. The van der Waals surface area contributed by atoms with E-state index in [1.807, 2.05) is 19.0 Å². The first-order valence-electron chi connectivity index (χ1n) is 9.32. The number of hydrogen-bond acceptors (Lipinski definition) is 4. The minimum absolute atomic E-state index is 0.0389. The molecule has 1 aromatic rings. The Kier molecular flexibility index (Phi) is 11.6. The molecule has 0 aliphatic rings. The zero-order valence-electron chi connectivity index (χ0n) is 15.9. The predicted octanol–water partition coefficient (Wildman–Crippen LogP) is 4.01. The van der Waals surface area contributed by atoms with Crippen molar-refractivity contribution in [2.75, 3.05) is 20.6 Å². The van der Waals surface area contributed by atoms with Gasteiger partial charge in [0.25, 0.3) is 0 Å². The summed E-state index contributed by atoms with van der Waals surface area (Å²) in [5.74, 6) is -0.929. The number of likely N-dealkylation sites (N-methyl/N-ethyl adjacent to an activating group) is 1. The Balaban J connectivity index is 2.05. The molecule has 0 radical (unpaired) electrons. The van der Waals surface area contributed by atoms with Crippen LogP contribution in [-0.4, -0.2) is 48.6 Å². The molecule has 0 saturated heterocycles. The Morgan fingerprint density at radius 1 is 1.23 bits per heavy atom. The highest BCUT2D eigenvalue weighted by Crippen LogP contribution is 2.11. The number of carbonyl (C=O) groups is 2. The van der Waals surface area contributed by atoms with Crippen molar-refractivity contribution in [1.29, 1.82) is 0 Å². The van der Waals surface area contributed by atoms with E-state index in [2.05, 4.69) is 34.3 Å². The first-order chi connectivity index (χ1) is 12.5. The van der Waals surface area contributed by atoms with Crippen molar-refractivity contribution in [2.45, 2.75) is 57.4 Å². The molecule has 1 atom stereocenters. The number of amides is 1. The number of allylic oxidation sites excluding steroid dienone is 1. The largest absolute Gasteiger partial charge is 0.481 e. The lowest BCUT2D eigenvalue weighted by atomic mass is 10.1. The van der Waals surface area contributed by atoms with Crippen LogP contribution in [-0.2, 0) is 9.59 Å². The summed E-state index contributed by atoms with van der Waals surface area (Å²) in [7, 11) is 3.74. The lowest BCUT2D eigenvalue weighted by Crippen LogP contribution is -2.42. The molecule has 0 spiro atoms. The maximum Gasteiger partial charge on any atom is 0.305 e. The van der Waals surface area contributed by atoms with Gasteiger partial charge in [-0.25, -0.2) is 0 Å². The van der Waals surface area contributed by atoms with Gasteiger partial charge in [-0.3, -0.25) is 9.59 Å². The van der Waals surface area contributed by atoms with Crippen LogP contribution in [0.15, 0.2) is 22.9 Å². The number of hydrogen-bond donors (Lipinski definition) is 2. The Bertz CT molecular complexity index is 541. The third kappa shape index (κ3) is 11.8. The molecule has 146 valence electrons. The summed E-state index contributed by atoms with van der Waals surface area (Å²) in [4.78, 5) is 24.7. The number of rotatable bonds is 14. The molecule has 0 fully saturated rings. The zero-order chi connectivity index (χ0) is 19.2. The van der Waals surface area contributed by atoms with Crippen LogP contribution in [0.2, 0.25) is 0 Å². The van der Waals surface area contributed by atoms with Gasteiger partial charge in [0.05, 0.1) is 12.5 Å². The monoisotopic (exact) mass is 380 g/mol. The first kappa shape index (κ1) is 22.4. The Morgan fingerprint density at radius 3 is 2.62 bits per heavy atom. The van der Waals surface area contributed by atoms with E-state index in [1.165, 1.54) is 18.4 Å². The van der Waals surface area contributed by atoms with Crippen molar-refractivity contribution in [2.24, 2.45) is 0 Å². The molecule has 0 aliphatic heterocycles. The van der Waals surface area contributed by atoms with Crippen LogP contribution in [0.4, 0.5) is 0 Å². The maximum atomic E-state index is 12.0. The molecular weight excluding hydrogens is 348 g/mol. The van der Waals surface area contributed by atoms with Crippen LogP contribution in [0.5, 0.6) is 0 Å². The Morgan fingerprint density at radius 2 is 1.96 bits per heavy atom. The van der Waals surface area contributed by atoms with Crippen LogP contribution in [0, 0.1) is 0 Å². The molecular formula is C20H32N2O3S. The van der Waals surface area contributed by atoms with Crippen molar-refractivity contribution < 1.29 is 14.7 Å². The van der Waals surface area contributed by atoms with Gasteiger partial charge in [0.2, 0.25) is 5.91 Å². The second-order valence-corrected chi connectivity index (χ2v) is 7.67. The highest BCUT2D eigenvalue weighted by Gasteiger charge is 2.16. The Hall–Kier alpha value is -1.66. The first-order valence-corrected chi connectivity index (χ1v) is 10.3. The third-order valence-corrected chi connectivity index (χ3v) is 4.70. The lowest BCUT2D eigenvalue weighted by molar-refractivity contribution is -0.137. The fourth-order valence-electron chi connectivity index (χ4n) is 2.78. The minimum atomic E-state index is -0.884. The van der Waals surface area contributed by atoms with Crippen molar-refractivity contribution >= 4 is 29.3 Å². The van der Waals surface area contributed by atoms with Crippen molar-refractivity contribution in [3.8, 4) is 0 Å². The van der Waals surface area contributed by atoms with Crippen LogP contribution < -0.4 is 5.32 Å². The average molecular weight is 381 g/mol. The lowest BCUT2D eigenvalue weighted by Gasteiger charge is -2.20. The van der Waals surface area contributed by atoms with E-state index in [1.54, 1.807) is 11.3 Å². The summed E-state index contributed by atoms with van der Waals surface area (Å²) < 4.78 is 0. The fraction of sp³-hybridized carbons (Fsp3) is 0.600. The molecule has 1 amide bonds. The van der Waals surface area contributed by atoms with Gasteiger partial charge in [0.15, 0.2) is 0 Å². The van der Waals surface area contributed by atoms with E-state index in [4.69, 9.17) is 5.11 Å². The van der Waals surface area contributed by atoms with Crippen LogP contribution >= 0.6 is 11.3 Å². The number of carboxylic acids is 1. The Labute approximate surface area is 161 Å². The van der Waals surface area contributed by atoms with E-state index in [0.717, 1.165) is 25.7 Å². The summed E-state index contributed by atoms with van der Waals surface area (Å²) in [5, 5.41) is 16.0. The normalized spacial score (nSPS) is 12.6. The van der Waals surface area contributed by atoms with E-state index < -0.39 is 5.97 Å². The molecule has 0 unspecified atom stereocenters. The van der Waals surface area contributed by atoms with Crippen molar-refractivity contribution in [3.05, 3.63) is 28.5 Å². The number of aliphatic carboxylic acids is 1.